The Labute approximate surface area is 113 Å². The van der Waals surface area contributed by atoms with Crippen LogP contribution >= 0.6 is 0 Å². The van der Waals surface area contributed by atoms with Gasteiger partial charge in [-0.05, 0) is 32.3 Å². The second-order valence-electron chi connectivity index (χ2n) is 6.40. The van der Waals surface area contributed by atoms with Crippen LogP contribution in [0.2, 0.25) is 0 Å². The third kappa shape index (κ3) is 3.49. The number of methoxy groups -OCH3 is 1. The van der Waals surface area contributed by atoms with Crippen molar-refractivity contribution in [3.63, 3.8) is 0 Å². The Morgan fingerprint density at radius 3 is 2.11 bits per heavy atom. The van der Waals surface area contributed by atoms with Gasteiger partial charge in [-0.25, -0.2) is 4.79 Å². The summed E-state index contributed by atoms with van der Waals surface area (Å²) in [7, 11) is 1.27. The molecule has 0 aromatic heterocycles. The van der Waals surface area contributed by atoms with E-state index in [1.54, 1.807) is 6.08 Å². The van der Waals surface area contributed by atoms with Crippen molar-refractivity contribution >= 4 is 11.9 Å². The van der Waals surface area contributed by atoms with Crippen molar-refractivity contribution in [3.05, 3.63) is 11.8 Å². The van der Waals surface area contributed by atoms with Crippen LogP contribution in [0, 0.1) is 17.3 Å². The van der Waals surface area contributed by atoms with Crippen LogP contribution in [0.5, 0.6) is 0 Å². The zero-order chi connectivity index (χ0) is 15.0. The molecule has 5 nitrogen and oxygen atoms in total. The molecule has 1 aliphatic carbocycles. The number of ether oxygens (including phenoxy) is 2. The maximum Gasteiger partial charge on any atom is 0.373 e. The highest BCUT2D eigenvalue weighted by atomic mass is 16.6. The lowest BCUT2D eigenvalue weighted by Crippen LogP contribution is -2.23. The molecule has 0 saturated heterocycles. The Hall–Kier alpha value is -1.52. The number of rotatable bonds is 4. The molecule has 0 aliphatic heterocycles. The fourth-order valence-electron chi connectivity index (χ4n) is 2.20. The van der Waals surface area contributed by atoms with Crippen molar-refractivity contribution in [2.75, 3.05) is 7.11 Å². The molecule has 0 radical (unpaired) electrons. The van der Waals surface area contributed by atoms with Crippen LogP contribution < -0.4 is 0 Å². The van der Waals surface area contributed by atoms with E-state index in [0.717, 1.165) is 0 Å². The summed E-state index contributed by atoms with van der Waals surface area (Å²) in [5.74, 6) is -2.07. The molecular formula is C14H22O5. The van der Waals surface area contributed by atoms with Gasteiger partial charge in [-0.15, -0.1) is 0 Å². The maximum absolute atomic E-state index is 11.7. The summed E-state index contributed by atoms with van der Waals surface area (Å²) in [4.78, 5) is 22.8. The zero-order valence-corrected chi connectivity index (χ0v) is 12.3. The van der Waals surface area contributed by atoms with Crippen LogP contribution in [0.15, 0.2) is 11.8 Å². The molecule has 0 amide bonds. The lowest BCUT2D eigenvalue weighted by Gasteiger charge is -2.22. The summed E-state index contributed by atoms with van der Waals surface area (Å²) in [5, 5.41) is 9.11. The topological polar surface area (TPSA) is 72.8 Å². The number of aliphatic carboxylic acids is 1. The molecule has 0 bridgehead atoms. The highest BCUT2D eigenvalue weighted by Crippen LogP contribution is 2.59. The molecule has 1 N–H and O–H groups in total. The Morgan fingerprint density at radius 1 is 1.26 bits per heavy atom. The van der Waals surface area contributed by atoms with Gasteiger partial charge in [0.1, 0.15) is 5.60 Å². The molecule has 1 saturated carbocycles. The van der Waals surface area contributed by atoms with E-state index < -0.39 is 23.5 Å². The van der Waals surface area contributed by atoms with E-state index >= 15 is 0 Å². The van der Waals surface area contributed by atoms with Gasteiger partial charge in [-0.2, -0.15) is 0 Å². The van der Waals surface area contributed by atoms with E-state index in [1.807, 2.05) is 34.6 Å². The molecule has 1 fully saturated rings. The van der Waals surface area contributed by atoms with E-state index in [-0.39, 0.29) is 17.1 Å². The first-order valence-electron chi connectivity index (χ1n) is 6.22. The fourth-order valence-corrected chi connectivity index (χ4v) is 2.20. The Balaban J connectivity index is 2.97. The van der Waals surface area contributed by atoms with Crippen molar-refractivity contribution in [1.29, 1.82) is 0 Å². The molecule has 5 heteroatoms. The number of esters is 1. The fraction of sp³-hybridized carbons (Fsp3) is 0.714. The second kappa shape index (κ2) is 4.87. The lowest BCUT2D eigenvalue weighted by molar-refractivity contribution is -0.143. The molecule has 2 unspecified atom stereocenters. The molecule has 2 atom stereocenters. The number of hydrogen-bond acceptors (Lipinski definition) is 4. The molecule has 0 aromatic carbocycles. The summed E-state index contributed by atoms with van der Waals surface area (Å²) in [5.41, 5.74) is -0.913. The van der Waals surface area contributed by atoms with Crippen LogP contribution in [0.4, 0.5) is 0 Å². The largest absolute Gasteiger partial charge is 0.481 e. The van der Waals surface area contributed by atoms with Gasteiger partial charge in [-0.1, -0.05) is 13.8 Å². The molecular weight excluding hydrogens is 248 g/mol. The van der Waals surface area contributed by atoms with Crippen LogP contribution in [0.25, 0.3) is 0 Å². The minimum absolute atomic E-state index is 0.0804. The minimum Gasteiger partial charge on any atom is -0.481 e. The number of carbonyl (C=O) groups excluding carboxylic acids is 1. The van der Waals surface area contributed by atoms with Gasteiger partial charge in [0.15, 0.2) is 0 Å². The van der Waals surface area contributed by atoms with Crippen molar-refractivity contribution < 1.29 is 24.2 Å². The van der Waals surface area contributed by atoms with E-state index in [4.69, 9.17) is 9.84 Å². The number of carboxylic acids is 1. The molecule has 0 heterocycles. The van der Waals surface area contributed by atoms with E-state index in [2.05, 4.69) is 4.74 Å². The first-order valence-corrected chi connectivity index (χ1v) is 6.22. The van der Waals surface area contributed by atoms with Crippen molar-refractivity contribution in [3.8, 4) is 0 Å². The van der Waals surface area contributed by atoms with Gasteiger partial charge in [0.25, 0.3) is 0 Å². The Kier molecular flexibility index (Phi) is 3.98. The van der Waals surface area contributed by atoms with Crippen molar-refractivity contribution in [1.82, 2.24) is 0 Å². The molecule has 0 aromatic rings. The Bertz CT molecular complexity index is 414. The highest BCUT2D eigenvalue weighted by molar-refractivity contribution is 5.87. The van der Waals surface area contributed by atoms with Gasteiger partial charge in [0, 0.05) is 5.92 Å². The number of carbonyl (C=O) groups is 2. The predicted molar refractivity (Wildman–Crippen MR) is 69.3 cm³/mol. The first kappa shape index (κ1) is 15.5. The standard InChI is InChI=1S/C14H22O5/c1-13(2,3)19-9(12(17)18-6)7-8-10(11(15)16)14(8,4)5/h7-8,10H,1-6H3,(H,15,16)/b9-7+. The zero-order valence-electron chi connectivity index (χ0n) is 12.3. The monoisotopic (exact) mass is 270 g/mol. The Morgan fingerprint density at radius 2 is 1.79 bits per heavy atom. The average molecular weight is 270 g/mol. The second-order valence-corrected chi connectivity index (χ2v) is 6.40. The number of carboxylic acid groups (broad SMARTS) is 1. The summed E-state index contributed by atoms with van der Waals surface area (Å²) in [6, 6.07) is 0. The van der Waals surface area contributed by atoms with Crippen LogP contribution in [-0.4, -0.2) is 29.8 Å². The minimum atomic E-state index is -0.855. The van der Waals surface area contributed by atoms with Crippen LogP contribution in [0.3, 0.4) is 0 Å². The predicted octanol–water partition coefficient (Wildman–Crippen LogP) is 2.22. The van der Waals surface area contributed by atoms with E-state index in [9.17, 15) is 9.59 Å². The molecule has 0 spiro atoms. The number of allylic oxidation sites excluding steroid dienone is 1. The maximum atomic E-state index is 11.7. The normalized spacial score (nSPS) is 25.7. The van der Waals surface area contributed by atoms with Gasteiger partial charge in [-0.3, -0.25) is 4.79 Å². The molecule has 108 valence electrons. The van der Waals surface area contributed by atoms with Gasteiger partial charge >= 0.3 is 11.9 Å². The van der Waals surface area contributed by atoms with Crippen molar-refractivity contribution in [2.45, 2.75) is 40.2 Å². The van der Waals surface area contributed by atoms with Gasteiger partial charge < -0.3 is 14.6 Å². The van der Waals surface area contributed by atoms with E-state index in [1.165, 1.54) is 7.11 Å². The lowest BCUT2D eigenvalue weighted by atomic mass is 10.1. The third-order valence-corrected chi connectivity index (χ3v) is 3.31. The van der Waals surface area contributed by atoms with Gasteiger partial charge in [0.05, 0.1) is 13.0 Å². The van der Waals surface area contributed by atoms with Crippen LogP contribution in [-0.2, 0) is 19.1 Å². The first-order chi connectivity index (χ1) is 8.50. The van der Waals surface area contributed by atoms with Gasteiger partial charge in [0.2, 0.25) is 5.76 Å². The summed E-state index contributed by atoms with van der Waals surface area (Å²) < 4.78 is 10.2. The average Bonchev–Trinajstić information content (AvgIpc) is 2.76. The molecule has 1 rings (SSSR count). The summed E-state index contributed by atoms with van der Waals surface area (Å²) >= 11 is 0. The number of hydrogen-bond donors (Lipinski definition) is 1. The SMILES string of the molecule is COC(=O)/C(=C\C1C(C(=O)O)C1(C)C)OC(C)(C)C. The molecule has 1 aliphatic rings. The third-order valence-electron chi connectivity index (χ3n) is 3.31. The smallest absolute Gasteiger partial charge is 0.373 e. The van der Waals surface area contributed by atoms with Crippen molar-refractivity contribution in [2.24, 2.45) is 17.3 Å². The highest BCUT2D eigenvalue weighted by Gasteiger charge is 2.61. The quantitative estimate of drug-likeness (QED) is 0.481. The van der Waals surface area contributed by atoms with Crippen LogP contribution in [0.1, 0.15) is 34.6 Å². The van der Waals surface area contributed by atoms with E-state index in [0.29, 0.717) is 0 Å². The summed E-state index contributed by atoms with van der Waals surface area (Å²) in [6.07, 6.45) is 1.58. The molecule has 19 heavy (non-hydrogen) atoms. The summed E-state index contributed by atoms with van der Waals surface area (Å²) in [6.45, 7) is 9.17.